The summed E-state index contributed by atoms with van der Waals surface area (Å²) in [7, 11) is 0. The molecule has 2 unspecified atom stereocenters. The quantitative estimate of drug-likeness (QED) is 0.642. The first kappa shape index (κ1) is 12.0. The number of hydrogen-bond acceptors (Lipinski definition) is 3. The molecule has 0 amide bonds. The molecule has 2 aliphatic heterocycles. The highest BCUT2D eigenvalue weighted by atomic mass is 16.5. The zero-order valence-electron chi connectivity index (χ0n) is 9.66. The van der Waals surface area contributed by atoms with Crippen molar-refractivity contribution in [2.45, 2.75) is 39.3 Å². The molecule has 2 rings (SSSR count). The molecule has 0 aliphatic carbocycles. The van der Waals surface area contributed by atoms with Crippen LogP contribution in [0.3, 0.4) is 0 Å². The van der Waals surface area contributed by atoms with Gasteiger partial charge < -0.3 is 9.47 Å². The Balaban J connectivity index is 0.000000461. The van der Waals surface area contributed by atoms with Gasteiger partial charge in [-0.05, 0) is 6.42 Å². The number of morpholine rings is 2. The molecular formula is C11H23NO2. The van der Waals surface area contributed by atoms with Crippen LogP contribution in [0.4, 0.5) is 0 Å². The van der Waals surface area contributed by atoms with Gasteiger partial charge in [0.2, 0.25) is 0 Å². The molecule has 2 heterocycles. The van der Waals surface area contributed by atoms with Gasteiger partial charge in [-0.1, -0.05) is 20.8 Å². The maximum atomic E-state index is 5.67. The topological polar surface area (TPSA) is 21.7 Å². The molecule has 0 aromatic carbocycles. The summed E-state index contributed by atoms with van der Waals surface area (Å²) in [5, 5.41) is 0. The largest absolute Gasteiger partial charge is 0.378 e. The molecule has 2 aliphatic rings. The Kier molecular flexibility index (Phi) is 5.45. The van der Waals surface area contributed by atoms with Gasteiger partial charge in [-0.3, -0.25) is 4.90 Å². The SMILES string of the molecule is CC.CCC1CN2CCOCC2CO1. The number of fused-ring (bicyclic) bond motifs is 1. The van der Waals surface area contributed by atoms with Crippen molar-refractivity contribution >= 4 is 0 Å². The molecule has 2 saturated heterocycles. The lowest BCUT2D eigenvalue weighted by Gasteiger charge is -2.41. The highest BCUT2D eigenvalue weighted by molar-refractivity contribution is 4.81. The molecule has 3 nitrogen and oxygen atoms in total. The van der Waals surface area contributed by atoms with Crippen molar-refractivity contribution in [1.29, 1.82) is 0 Å². The number of ether oxygens (including phenoxy) is 2. The van der Waals surface area contributed by atoms with Crippen LogP contribution >= 0.6 is 0 Å². The van der Waals surface area contributed by atoms with E-state index in [1.807, 2.05) is 13.8 Å². The average molecular weight is 201 g/mol. The normalized spacial score (nSPS) is 32.8. The highest BCUT2D eigenvalue weighted by Gasteiger charge is 2.30. The second kappa shape index (κ2) is 6.38. The summed E-state index contributed by atoms with van der Waals surface area (Å²) in [6.07, 6.45) is 1.59. The van der Waals surface area contributed by atoms with Gasteiger partial charge >= 0.3 is 0 Å². The summed E-state index contributed by atoms with van der Waals surface area (Å²) < 4.78 is 11.1. The predicted molar refractivity (Wildman–Crippen MR) is 57.6 cm³/mol. The van der Waals surface area contributed by atoms with Crippen LogP contribution in [0.2, 0.25) is 0 Å². The van der Waals surface area contributed by atoms with E-state index < -0.39 is 0 Å². The Hall–Kier alpha value is -0.120. The van der Waals surface area contributed by atoms with Gasteiger partial charge in [-0.15, -0.1) is 0 Å². The van der Waals surface area contributed by atoms with E-state index in [9.17, 15) is 0 Å². The van der Waals surface area contributed by atoms with Crippen molar-refractivity contribution in [3.05, 3.63) is 0 Å². The molecule has 2 fully saturated rings. The minimum absolute atomic E-state index is 0.458. The molecule has 0 bridgehead atoms. The van der Waals surface area contributed by atoms with Gasteiger partial charge in [0.1, 0.15) is 0 Å². The van der Waals surface area contributed by atoms with E-state index in [-0.39, 0.29) is 0 Å². The molecule has 84 valence electrons. The van der Waals surface area contributed by atoms with Crippen LogP contribution in [0, 0.1) is 0 Å². The van der Waals surface area contributed by atoms with E-state index in [2.05, 4.69) is 11.8 Å². The predicted octanol–water partition coefficient (Wildman–Crippen LogP) is 1.52. The standard InChI is InChI=1S/C9H17NO2.C2H6/c1-2-9-5-10-3-4-11-6-8(10)7-12-9;1-2/h8-9H,2-7H2,1H3;1-2H3. The molecule has 0 N–H and O–H groups in total. The van der Waals surface area contributed by atoms with E-state index in [0.29, 0.717) is 12.1 Å². The summed E-state index contributed by atoms with van der Waals surface area (Å²) in [5.74, 6) is 0. The van der Waals surface area contributed by atoms with Crippen molar-refractivity contribution in [3.8, 4) is 0 Å². The fourth-order valence-corrected chi connectivity index (χ4v) is 1.89. The van der Waals surface area contributed by atoms with Gasteiger partial charge in [0.15, 0.2) is 0 Å². The molecule has 0 aromatic rings. The lowest BCUT2D eigenvalue weighted by Crippen LogP contribution is -2.55. The van der Waals surface area contributed by atoms with E-state index in [1.54, 1.807) is 0 Å². The Labute approximate surface area is 87.4 Å². The fraction of sp³-hybridized carbons (Fsp3) is 1.00. The molecule has 0 spiro atoms. The lowest BCUT2D eigenvalue weighted by molar-refractivity contribution is -0.116. The smallest absolute Gasteiger partial charge is 0.0700 e. The first-order valence-corrected chi connectivity index (χ1v) is 5.83. The fourth-order valence-electron chi connectivity index (χ4n) is 1.89. The third kappa shape index (κ3) is 2.94. The highest BCUT2D eigenvalue weighted by Crippen LogP contribution is 2.16. The zero-order valence-corrected chi connectivity index (χ0v) is 9.66. The average Bonchev–Trinajstić information content (AvgIpc) is 2.31. The van der Waals surface area contributed by atoms with Crippen molar-refractivity contribution in [1.82, 2.24) is 4.90 Å². The van der Waals surface area contributed by atoms with E-state index in [1.165, 1.54) is 0 Å². The Morgan fingerprint density at radius 2 is 2.07 bits per heavy atom. The molecule has 2 atom stereocenters. The second-order valence-corrected chi connectivity index (χ2v) is 3.59. The summed E-state index contributed by atoms with van der Waals surface area (Å²) in [4.78, 5) is 2.50. The Bertz CT molecular complexity index is 152. The van der Waals surface area contributed by atoms with Crippen LogP contribution in [-0.2, 0) is 9.47 Å². The number of rotatable bonds is 1. The van der Waals surface area contributed by atoms with Crippen molar-refractivity contribution < 1.29 is 9.47 Å². The molecule has 14 heavy (non-hydrogen) atoms. The zero-order chi connectivity index (χ0) is 10.4. The molecule has 0 aromatic heterocycles. The van der Waals surface area contributed by atoms with Crippen molar-refractivity contribution in [3.63, 3.8) is 0 Å². The Morgan fingerprint density at radius 1 is 1.29 bits per heavy atom. The molecule has 0 saturated carbocycles. The third-order valence-corrected chi connectivity index (χ3v) is 2.77. The van der Waals surface area contributed by atoms with Gasteiger partial charge in [0.25, 0.3) is 0 Å². The van der Waals surface area contributed by atoms with Crippen LogP contribution < -0.4 is 0 Å². The van der Waals surface area contributed by atoms with Crippen LogP contribution in [0.5, 0.6) is 0 Å². The summed E-state index contributed by atoms with van der Waals surface area (Å²) in [6.45, 7) is 11.0. The van der Waals surface area contributed by atoms with E-state index in [4.69, 9.17) is 9.47 Å². The van der Waals surface area contributed by atoms with Gasteiger partial charge in [-0.25, -0.2) is 0 Å². The van der Waals surface area contributed by atoms with Crippen LogP contribution in [0.1, 0.15) is 27.2 Å². The maximum Gasteiger partial charge on any atom is 0.0700 e. The first-order chi connectivity index (χ1) is 6.90. The van der Waals surface area contributed by atoms with Crippen LogP contribution in [0.25, 0.3) is 0 Å². The Morgan fingerprint density at radius 3 is 2.79 bits per heavy atom. The summed E-state index contributed by atoms with van der Waals surface area (Å²) in [5.41, 5.74) is 0. The first-order valence-electron chi connectivity index (χ1n) is 5.83. The monoisotopic (exact) mass is 201 g/mol. The van der Waals surface area contributed by atoms with Crippen molar-refractivity contribution in [2.24, 2.45) is 0 Å². The number of hydrogen-bond donors (Lipinski definition) is 0. The molecule has 3 heteroatoms. The van der Waals surface area contributed by atoms with Crippen molar-refractivity contribution in [2.75, 3.05) is 32.9 Å². The summed E-state index contributed by atoms with van der Waals surface area (Å²) in [6, 6.07) is 0.529. The molecular weight excluding hydrogens is 178 g/mol. The van der Waals surface area contributed by atoms with Crippen LogP contribution in [-0.4, -0.2) is 50.0 Å². The van der Waals surface area contributed by atoms with Gasteiger partial charge in [0.05, 0.1) is 32.0 Å². The second-order valence-electron chi connectivity index (χ2n) is 3.59. The van der Waals surface area contributed by atoms with Gasteiger partial charge in [0, 0.05) is 13.1 Å². The summed E-state index contributed by atoms with van der Waals surface area (Å²) >= 11 is 0. The third-order valence-electron chi connectivity index (χ3n) is 2.77. The van der Waals surface area contributed by atoms with E-state index in [0.717, 1.165) is 39.3 Å². The molecule has 0 radical (unpaired) electrons. The lowest BCUT2D eigenvalue weighted by atomic mass is 10.1. The van der Waals surface area contributed by atoms with Crippen LogP contribution in [0.15, 0.2) is 0 Å². The minimum Gasteiger partial charge on any atom is -0.378 e. The number of nitrogens with zero attached hydrogens (tertiary/aromatic N) is 1. The van der Waals surface area contributed by atoms with E-state index >= 15 is 0 Å². The minimum atomic E-state index is 0.458. The maximum absolute atomic E-state index is 5.67. The van der Waals surface area contributed by atoms with Gasteiger partial charge in [-0.2, -0.15) is 0 Å².